The SMILES string of the molecule is Cc1ccc(S(=O)(=O)Nc2cccc(C(=O)NCCCOCCc3ccccc3)c2)cc1F. The maximum absolute atomic E-state index is 13.8. The number of aryl methyl sites for hydroxylation is 1. The number of sulfonamides is 1. The zero-order valence-electron chi connectivity index (χ0n) is 18.4. The van der Waals surface area contributed by atoms with Crippen LogP contribution in [0.1, 0.15) is 27.9 Å². The second-order valence-corrected chi connectivity index (χ2v) is 9.24. The number of nitrogens with one attached hydrogen (secondary N) is 2. The highest BCUT2D eigenvalue weighted by Gasteiger charge is 2.16. The highest BCUT2D eigenvalue weighted by molar-refractivity contribution is 7.92. The molecule has 0 spiro atoms. The molecule has 0 saturated heterocycles. The third-order valence-electron chi connectivity index (χ3n) is 4.96. The van der Waals surface area contributed by atoms with E-state index in [1.807, 2.05) is 18.2 Å². The zero-order valence-corrected chi connectivity index (χ0v) is 19.2. The molecule has 0 bridgehead atoms. The molecule has 3 rings (SSSR count). The Labute approximate surface area is 193 Å². The van der Waals surface area contributed by atoms with Gasteiger partial charge in [-0.2, -0.15) is 0 Å². The first kappa shape index (κ1) is 24.4. The van der Waals surface area contributed by atoms with Gasteiger partial charge in [0.25, 0.3) is 15.9 Å². The lowest BCUT2D eigenvalue weighted by Crippen LogP contribution is -2.25. The number of carbonyl (C=O) groups excluding carboxylic acids is 1. The van der Waals surface area contributed by atoms with E-state index >= 15 is 0 Å². The average molecular weight is 471 g/mol. The lowest BCUT2D eigenvalue weighted by Gasteiger charge is -2.11. The van der Waals surface area contributed by atoms with Crippen LogP contribution in [0.5, 0.6) is 0 Å². The van der Waals surface area contributed by atoms with Gasteiger partial charge in [0, 0.05) is 24.4 Å². The average Bonchev–Trinajstić information content (AvgIpc) is 2.80. The molecule has 0 aliphatic carbocycles. The van der Waals surface area contributed by atoms with Crippen LogP contribution in [-0.4, -0.2) is 34.1 Å². The summed E-state index contributed by atoms with van der Waals surface area (Å²) in [5, 5.41) is 2.80. The van der Waals surface area contributed by atoms with Gasteiger partial charge >= 0.3 is 0 Å². The largest absolute Gasteiger partial charge is 0.381 e. The fraction of sp³-hybridized carbons (Fsp3) is 0.240. The second kappa shape index (κ2) is 11.6. The Kier molecular flexibility index (Phi) is 8.57. The van der Waals surface area contributed by atoms with Crippen LogP contribution in [0.15, 0.2) is 77.7 Å². The van der Waals surface area contributed by atoms with Crippen LogP contribution in [0.4, 0.5) is 10.1 Å². The normalized spacial score (nSPS) is 11.2. The third kappa shape index (κ3) is 7.40. The van der Waals surface area contributed by atoms with Crippen molar-refractivity contribution in [3.05, 3.63) is 95.3 Å². The first-order valence-electron chi connectivity index (χ1n) is 10.6. The van der Waals surface area contributed by atoms with Crippen molar-refractivity contribution in [2.75, 3.05) is 24.5 Å². The monoisotopic (exact) mass is 470 g/mol. The zero-order chi connectivity index (χ0) is 23.7. The summed E-state index contributed by atoms with van der Waals surface area (Å²) in [6.45, 7) is 3.13. The topological polar surface area (TPSA) is 84.5 Å². The summed E-state index contributed by atoms with van der Waals surface area (Å²) in [6, 6.07) is 19.9. The van der Waals surface area contributed by atoms with Crippen molar-refractivity contribution in [2.24, 2.45) is 0 Å². The molecule has 6 nitrogen and oxygen atoms in total. The van der Waals surface area contributed by atoms with E-state index in [0.29, 0.717) is 37.3 Å². The number of carbonyl (C=O) groups is 1. The van der Waals surface area contributed by atoms with Crippen LogP contribution in [0.25, 0.3) is 0 Å². The van der Waals surface area contributed by atoms with Gasteiger partial charge < -0.3 is 10.1 Å². The van der Waals surface area contributed by atoms with Crippen molar-refractivity contribution in [3.8, 4) is 0 Å². The molecule has 0 aliphatic heterocycles. The molecule has 2 N–H and O–H groups in total. The minimum absolute atomic E-state index is 0.187. The summed E-state index contributed by atoms with van der Waals surface area (Å²) < 4.78 is 46.8. The third-order valence-corrected chi connectivity index (χ3v) is 6.34. The molecule has 33 heavy (non-hydrogen) atoms. The number of hydrogen-bond donors (Lipinski definition) is 2. The minimum Gasteiger partial charge on any atom is -0.381 e. The summed E-state index contributed by atoms with van der Waals surface area (Å²) in [4.78, 5) is 12.2. The van der Waals surface area contributed by atoms with Crippen molar-refractivity contribution in [1.82, 2.24) is 5.32 Å². The Morgan fingerprint density at radius 1 is 0.970 bits per heavy atom. The van der Waals surface area contributed by atoms with Crippen LogP contribution in [0.2, 0.25) is 0 Å². The molecule has 0 heterocycles. The smallest absolute Gasteiger partial charge is 0.261 e. The molecule has 3 aromatic carbocycles. The minimum atomic E-state index is -3.98. The summed E-state index contributed by atoms with van der Waals surface area (Å²) in [6.07, 6.45) is 1.50. The molecule has 0 aromatic heterocycles. The van der Waals surface area contributed by atoms with E-state index < -0.39 is 15.8 Å². The van der Waals surface area contributed by atoms with E-state index in [4.69, 9.17) is 4.74 Å². The molecule has 0 fully saturated rings. The van der Waals surface area contributed by atoms with Crippen LogP contribution >= 0.6 is 0 Å². The molecule has 3 aromatic rings. The lowest BCUT2D eigenvalue weighted by atomic mass is 10.2. The van der Waals surface area contributed by atoms with E-state index in [1.165, 1.54) is 29.8 Å². The van der Waals surface area contributed by atoms with Gasteiger partial charge in [-0.15, -0.1) is 0 Å². The molecular formula is C25H27FN2O4S. The predicted molar refractivity (Wildman–Crippen MR) is 126 cm³/mol. The Morgan fingerprint density at radius 3 is 2.52 bits per heavy atom. The molecule has 0 aliphatic rings. The van der Waals surface area contributed by atoms with E-state index in [9.17, 15) is 17.6 Å². The second-order valence-electron chi connectivity index (χ2n) is 7.55. The number of rotatable bonds is 11. The van der Waals surface area contributed by atoms with E-state index in [1.54, 1.807) is 19.1 Å². The van der Waals surface area contributed by atoms with Crippen molar-refractivity contribution in [1.29, 1.82) is 0 Å². The Bertz CT molecular complexity index is 1180. The molecule has 0 radical (unpaired) electrons. The van der Waals surface area contributed by atoms with Gasteiger partial charge in [-0.3, -0.25) is 9.52 Å². The summed E-state index contributed by atoms with van der Waals surface area (Å²) in [5.41, 5.74) is 2.10. The molecule has 0 saturated carbocycles. The molecule has 0 atom stereocenters. The van der Waals surface area contributed by atoms with Crippen LogP contribution in [0.3, 0.4) is 0 Å². The number of anilines is 1. The fourth-order valence-corrected chi connectivity index (χ4v) is 4.15. The Balaban J connectivity index is 1.45. The van der Waals surface area contributed by atoms with Gasteiger partial charge in [-0.1, -0.05) is 42.5 Å². The first-order valence-corrected chi connectivity index (χ1v) is 12.1. The number of benzene rings is 3. The quantitative estimate of drug-likeness (QED) is 0.409. The van der Waals surface area contributed by atoms with Crippen molar-refractivity contribution in [3.63, 3.8) is 0 Å². The molecule has 1 amide bonds. The number of halogens is 1. The van der Waals surface area contributed by atoms with Crippen LogP contribution in [0, 0.1) is 12.7 Å². The number of ether oxygens (including phenoxy) is 1. The molecule has 174 valence electrons. The van der Waals surface area contributed by atoms with Crippen LogP contribution in [-0.2, 0) is 21.2 Å². The molecule has 0 unspecified atom stereocenters. The summed E-state index contributed by atoms with van der Waals surface area (Å²) >= 11 is 0. The maximum Gasteiger partial charge on any atom is 0.261 e. The summed E-state index contributed by atoms with van der Waals surface area (Å²) in [7, 11) is -3.98. The Morgan fingerprint density at radius 2 is 1.76 bits per heavy atom. The standard InChI is InChI=1S/C25H27FN2O4S/c1-19-11-12-23(18-24(19)26)33(30,31)28-22-10-5-9-21(17-22)25(29)27-14-6-15-32-16-13-20-7-3-2-4-8-20/h2-5,7-12,17-18,28H,6,13-16H2,1H3,(H,27,29). The van der Waals surface area contributed by atoms with Crippen molar-refractivity contribution < 1.29 is 22.3 Å². The van der Waals surface area contributed by atoms with Gasteiger partial charge in [0.15, 0.2) is 0 Å². The fourth-order valence-electron chi connectivity index (χ4n) is 3.09. The molecular weight excluding hydrogens is 443 g/mol. The molecule has 8 heteroatoms. The van der Waals surface area contributed by atoms with Gasteiger partial charge in [0.2, 0.25) is 0 Å². The number of amides is 1. The van der Waals surface area contributed by atoms with E-state index in [-0.39, 0.29) is 16.5 Å². The van der Waals surface area contributed by atoms with Gasteiger partial charge in [-0.25, -0.2) is 12.8 Å². The van der Waals surface area contributed by atoms with Crippen LogP contribution < -0.4 is 10.0 Å². The van der Waals surface area contributed by atoms with Gasteiger partial charge in [-0.05, 0) is 61.2 Å². The summed E-state index contributed by atoms with van der Waals surface area (Å²) in [5.74, 6) is -0.920. The highest BCUT2D eigenvalue weighted by atomic mass is 32.2. The van der Waals surface area contributed by atoms with Gasteiger partial charge in [0.1, 0.15) is 5.82 Å². The van der Waals surface area contributed by atoms with Crippen molar-refractivity contribution in [2.45, 2.75) is 24.7 Å². The maximum atomic E-state index is 13.8. The predicted octanol–water partition coefficient (Wildman–Crippen LogP) is 4.31. The Hall–Kier alpha value is -3.23. The van der Waals surface area contributed by atoms with E-state index in [0.717, 1.165) is 12.5 Å². The van der Waals surface area contributed by atoms with Gasteiger partial charge in [0.05, 0.1) is 11.5 Å². The lowest BCUT2D eigenvalue weighted by molar-refractivity contribution is 0.0942. The van der Waals surface area contributed by atoms with E-state index in [2.05, 4.69) is 22.2 Å². The highest BCUT2D eigenvalue weighted by Crippen LogP contribution is 2.19. The first-order chi connectivity index (χ1) is 15.8. The number of hydrogen-bond acceptors (Lipinski definition) is 4. The van der Waals surface area contributed by atoms with Crippen molar-refractivity contribution >= 4 is 21.6 Å².